The van der Waals surface area contributed by atoms with Gasteiger partial charge in [-0.1, -0.05) is 0 Å². The topological polar surface area (TPSA) is 92.6 Å². The minimum atomic E-state index is -1.08. The summed E-state index contributed by atoms with van der Waals surface area (Å²) >= 11 is 0. The van der Waals surface area contributed by atoms with Crippen LogP contribution in [0.4, 0.5) is 10.1 Å². The normalized spacial score (nSPS) is 9.95. The van der Waals surface area contributed by atoms with Gasteiger partial charge in [-0.25, -0.2) is 0 Å². The van der Waals surface area contributed by atoms with Crippen molar-refractivity contribution in [1.29, 1.82) is 0 Å². The first-order chi connectivity index (χ1) is 9.32. The molecule has 0 fully saturated rings. The highest BCUT2D eigenvalue weighted by Crippen LogP contribution is 2.17. The molecule has 1 aromatic carbocycles. The van der Waals surface area contributed by atoms with Gasteiger partial charge in [-0.3, -0.25) is 19.7 Å². The molecule has 2 amide bonds. The highest BCUT2D eigenvalue weighted by Gasteiger charge is 2.16. The van der Waals surface area contributed by atoms with Gasteiger partial charge in [-0.05, 0) is 12.1 Å². The summed E-state index contributed by atoms with van der Waals surface area (Å²) in [6.45, 7) is 0.106. The number of halogens is 1. The van der Waals surface area contributed by atoms with E-state index in [0.29, 0.717) is 0 Å². The molecule has 1 N–H and O–H groups in total. The number of hydrogen-bond acceptors (Lipinski definition) is 4. The van der Waals surface area contributed by atoms with Crippen molar-refractivity contribution in [3.05, 3.63) is 39.7 Å². The van der Waals surface area contributed by atoms with Crippen molar-refractivity contribution in [2.45, 2.75) is 6.42 Å². The third-order valence-electron chi connectivity index (χ3n) is 2.53. The Morgan fingerprint density at radius 3 is 2.55 bits per heavy atom. The Labute approximate surface area is 114 Å². The van der Waals surface area contributed by atoms with Crippen molar-refractivity contribution >= 4 is 17.5 Å². The van der Waals surface area contributed by atoms with E-state index in [1.165, 1.54) is 4.90 Å². The molecule has 0 aliphatic rings. The zero-order valence-electron chi connectivity index (χ0n) is 11.1. The highest BCUT2D eigenvalue weighted by molar-refractivity contribution is 5.94. The summed E-state index contributed by atoms with van der Waals surface area (Å²) in [7, 11) is 3.19. The van der Waals surface area contributed by atoms with Crippen LogP contribution in [0.5, 0.6) is 0 Å². The van der Waals surface area contributed by atoms with Crippen LogP contribution in [0.15, 0.2) is 18.2 Å². The van der Waals surface area contributed by atoms with E-state index in [9.17, 15) is 24.1 Å². The van der Waals surface area contributed by atoms with E-state index in [4.69, 9.17) is 0 Å². The fourth-order valence-electron chi connectivity index (χ4n) is 1.40. The molecule has 8 heteroatoms. The summed E-state index contributed by atoms with van der Waals surface area (Å²) in [6, 6.07) is 2.88. The van der Waals surface area contributed by atoms with E-state index in [1.54, 1.807) is 14.1 Å². The van der Waals surface area contributed by atoms with Crippen LogP contribution in [0, 0.1) is 15.9 Å². The molecule has 0 atom stereocenters. The number of nitrogens with zero attached hydrogens (tertiary/aromatic N) is 2. The van der Waals surface area contributed by atoms with Crippen molar-refractivity contribution in [2.24, 2.45) is 0 Å². The van der Waals surface area contributed by atoms with E-state index in [1.807, 2.05) is 0 Å². The molecule has 0 spiro atoms. The lowest BCUT2D eigenvalue weighted by Crippen LogP contribution is -2.30. The van der Waals surface area contributed by atoms with Crippen LogP contribution in [-0.4, -0.2) is 42.3 Å². The molecule has 0 aliphatic heterocycles. The van der Waals surface area contributed by atoms with Crippen molar-refractivity contribution in [3.63, 3.8) is 0 Å². The second kappa shape index (κ2) is 6.60. The maximum Gasteiger partial charge on any atom is 0.304 e. The van der Waals surface area contributed by atoms with Gasteiger partial charge in [0, 0.05) is 38.7 Å². The Hall–Kier alpha value is -2.51. The molecule has 108 valence electrons. The van der Waals surface area contributed by atoms with Gasteiger partial charge in [0.15, 0.2) is 0 Å². The molecular formula is C12H14FN3O4. The summed E-state index contributed by atoms with van der Waals surface area (Å²) in [6.07, 6.45) is 0.119. The molecule has 0 heterocycles. The Morgan fingerprint density at radius 2 is 2.05 bits per heavy atom. The molecule has 7 nitrogen and oxygen atoms in total. The predicted octanol–water partition coefficient (Wildman–Crippen LogP) is 0.942. The molecule has 0 aromatic heterocycles. The number of hydrogen-bond donors (Lipinski definition) is 1. The Kier molecular flexibility index (Phi) is 5.13. The van der Waals surface area contributed by atoms with Crippen molar-refractivity contribution in [3.8, 4) is 0 Å². The molecule has 0 saturated carbocycles. The van der Waals surface area contributed by atoms with E-state index >= 15 is 0 Å². The number of carbonyl (C=O) groups is 2. The molecule has 0 saturated heterocycles. The van der Waals surface area contributed by atoms with Crippen molar-refractivity contribution in [1.82, 2.24) is 10.2 Å². The SMILES string of the molecule is CN(C)C(=O)CCNC(=O)c1ccc([N+](=O)[O-])c(F)c1. The van der Waals surface area contributed by atoms with Gasteiger partial charge in [-0.15, -0.1) is 0 Å². The van der Waals surface area contributed by atoms with E-state index < -0.39 is 22.3 Å². The predicted molar refractivity (Wildman–Crippen MR) is 68.7 cm³/mol. The summed E-state index contributed by atoms with van der Waals surface area (Å²) in [5.41, 5.74) is -0.727. The van der Waals surface area contributed by atoms with Crippen LogP contribution in [0.3, 0.4) is 0 Å². The number of benzene rings is 1. The molecule has 0 radical (unpaired) electrons. The van der Waals surface area contributed by atoms with Crippen LogP contribution in [0.25, 0.3) is 0 Å². The van der Waals surface area contributed by atoms with Gasteiger partial charge < -0.3 is 10.2 Å². The van der Waals surface area contributed by atoms with Crippen LogP contribution in [-0.2, 0) is 4.79 Å². The summed E-state index contributed by atoms with van der Waals surface area (Å²) in [5.74, 6) is -1.82. The second-order valence-electron chi connectivity index (χ2n) is 4.22. The molecule has 0 bridgehead atoms. The zero-order chi connectivity index (χ0) is 15.3. The molecular weight excluding hydrogens is 269 g/mol. The fourth-order valence-corrected chi connectivity index (χ4v) is 1.40. The average molecular weight is 283 g/mol. The summed E-state index contributed by atoms with van der Waals surface area (Å²) in [5, 5.41) is 12.9. The molecule has 1 aromatic rings. The summed E-state index contributed by atoms with van der Waals surface area (Å²) in [4.78, 5) is 33.9. The van der Waals surface area contributed by atoms with Gasteiger partial charge in [0.2, 0.25) is 11.7 Å². The number of nitrogens with one attached hydrogen (secondary N) is 1. The van der Waals surface area contributed by atoms with Gasteiger partial charge >= 0.3 is 5.69 Å². The highest BCUT2D eigenvalue weighted by atomic mass is 19.1. The van der Waals surface area contributed by atoms with Gasteiger partial charge in [0.25, 0.3) is 5.91 Å². The first-order valence-corrected chi connectivity index (χ1v) is 5.75. The Balaban J connectivity index is 2.63. The van der Waals surface area contributed by atoms with Crippen LogP contribution >= 0.6 is 0 Å². The number of amides is 2. The lowest BCUT2D eigenvalue weighted by molar-refractivity contribution is -0.387. The largest absolute Gasteiger partial charge is 0.352 e. The van der Waals surface area contributed by atoms with Gasteiger partial charge in [0.1, 0.15) is 0 Å². The molecule has 20 heavy (non-hydrogen) atoms. The molecule has 1 rings (SSSR count). The summed E-state index contributed by atoms with van der Waals surface area (Å²) < 4.78 is 13.3. The fraction of sp³-hybridized carbons (Fsp3) is 0.333. The number of carbonyl (C=O) groups excluding carboxylic acids is 2. The third-order valence-corrected chi connectivity index (χ3v) is 2.53. The van der Waals surface area contributed by atoms with Gasteiger partial charge in [0.05, 0.1) is 4.92 Å². The lowest BCUT2D eigenvalue weighted by atomic mass is 10.2. The first kappa shape index (κ1) is 15.5. The quantitative estimate of drug-likeness (QED) is 0.643. The van der Waals surface area contributed by atoms with Crippen molar-refractivity contribution in [2.75, 3.05) is 20.6 Å². The Morgan fingerprint density at radius 1 is 1.40 bits per heavy atom. The van der Waals surface area contributed by atoms with Crippen LogP contribution in [0.1, 0.15) is 16.8 Å². The number of nitro benzene ring substituents is 1. The van der Waals surface area contributed by atoms with E-state index in [0.717, 1.165) is 18.2 Å². The number of nitro groups is 1. The average Bonchev–Trinajstić information content (AvgIpc) is 2.37. The van der Waals surface area contributed by atoms with E-state index in [-0.39, 0.29) is 24.4 Å². The number of rotatable bonds is 5. The van der Waals surface area contributed by atoms with Gasteiger partial charge in [-0.2, -0.15) is 4.39 Å². The minimum Gasteiger partial charge on any atom is -0.352 e. The first-order valence-electron chi connectivity index (χ1n) is 5.75. The maximum atomic E-state index is 13.3. The standard InChI is InChI=1S/C12H14FN3O4/c1-15(2)11(17)5-6-14-12(18)8-3-4-10(16(19)20)9(13)7-8/h3-4,7H,5-6H2,1-2H3,(H,14,18). The minimum absolute atomic E-state index is 0.0367. The maximum absolute atomic E-state index is 13.3. The smallest absolute Gasteiger partial charge is 0.304 e. The Bertz CT molecular complexity index is 546. The zero-order valence-corrected chi connectivity index (χ0v) is 11.1. The second-order valence-corrected chi connectivity index (χ2v) is 4.22. The van der Waals surface area contributed by atoms with E-state index in [2.05, 4.69) is 5.32 Å². The van der Waals surface area contributed by atoms with Crippen LogP contribution in [0.2, 0.25) is 0 Å². The lowest BCUT2D eigenvalue weighted by Gasteiger charge is -2.10. The molecule has 0 aliphatic carbocycles. The van der Waals surface area contributed by atoms with Crippen LogP contribution < -0.4 is 5.32 Å². The monoisotopic (exact) mass is 283 g/mol. The third kappa shape index (κ3) is 4.01. The molecule has 0 unspecified atom stereocenters. The van der Waals surface area contributed by atoms with Crippen molar-refractivity contribution < 1.29 is 18.9 Å².